The van der Waals surface area contributed by atoms with E-state index in [0.717, 1.165) is 11.8 Å². The number of aliphatic hydroxyl groups is 1. The summed E-state index contributed by atoms with van der Waals surface area (Å²) in [6.45, 7) is -0.328. The number of carbonyl (C=O) groups excluding carboxylic acids is 2. The van der Waals surface area contributed by atoms with Crippen LogP contribution in [0.5, 0.6) is 17.2 Å². The first-order chi connectivity index (χ1) is 15.9. The Hall–Kier alpha value is -3.08. The van der Waals surface area contributed by atoms with Gasteiger partial charge in [0, 0.05) is 12.2 Å². The zero-order valence-electron chi connectivity index (χ0n) is 18.4. The van der Waals surface area contributed by atoms with Crippen LogP contribution in [0.4, 0.5) is 5.69 Å². The lowest BCUT2D eigenvalue weighted by Gasteiger charge is -2.24. The molecule has 174 valence electrons. The first-order valence-corrected chi connectivity index (χ1v) is 11.2. The average molecular weight is 489 g/mol. The molecule has 33 heavy (non-hydrogen) atoms. The maximum absolute atomic E-state index is 13.0. The van der Waals surface area contributed by atoms with Gasteiger partial charge in [0.1, 0.15) is 10.9 Å². The van der Waals surface area contributed by atoms with Crippen molar-refractivity contribution in [2.45, 2.75) is 0 Å². The van der Waals surface area contributed by atoms with Gasteiger partial charge in [0.2, 0.25) is 11.7 Å². The van der Waals surface area contributed by atoms with Crippen molar-refractivity contribution in [2.24, 2.45) is 0 Å². The quantitative estimate of drug-likeness (QED) is 0.426. The smallest absolute Gasteiger partial charge is 0.266 e. The minimum Gasteiger partial charge on any atom is -0.493 e. The molecule has 0 unspecified atom stereocenters. The molecule has 0 radical (unpaired) electrons. The number of aliphatic hydroxyl groups excluding tert-OH is 1. The second-order valence-electron chi connectivity index (χ2n) is 6.83. The maximum Gasteiger partial charge on any atom is 0.266 e. The zero-order valence-corrected chi connectivity index (χ0v) is 20.1. The topological polar surface area (TPSA) is 88.5 Å². The number of ether oxygens (including phenoxy) is 3. The second-order valence-corrected chi connectivity index (χ2v) is 8.51. The molecule has 3 rings (SSSR count). The molecule has 2 amide bonds. The number of anilines is 1. The molecule has 0 aliphatic carbocycles. The molecule has 2 aromatic rings. The van der Waals surface area contributed by atoms with Gasteiger partial charge >= 0.3 is 0 Å². The molecule has 10 heteroatoms. The van der Waals surface area contributed by atoms with Gasteiger partial charge in [0.25, 0.3) is 5.91 Å². The Bertz CT molecular complexity index is 1050. The van der Waals surface area contributed by atoms with Gasteiger partial charge in [-0.1, -0.05) is 42.2 Å². The number of hydrogen-bond donors (Lipinski definition) is 1. The van der Waals surface area contributed by atoms with E-state index in [4.69, 9.17) is 26.4 Å². The highest BCUT2D eigenvalue weighted by molar-refractivity contribution is 8.26. The summed E-state index contributed by atoms with van der Waals surface area (Å²) in [5, 5.41) is 9.40. The molecule has 1 aliphatic heterocycles. The van der Waals surface area contributed by atoms with Crippen molar-refractivity contribution in [3.05, 3.63) is 52.9 Å². The van der Waals surface area contributed by atoms with Gasteiger partial charge in [-0.3, -0.25) is 14.5 Å². The first kappa shape index (κ1) is 24.6. The fourth-order valence-corrected chi connectivity index (χ4v) is 4.55. The normalized spacial score (nSPS) is 14.5. The third-order valence-corrected chi connectivity index (χ3v) is 6.22. The Balaban J connectivity index is 1.83. The van der Waals surface area contributed by atoms with Gasteiger partial charge in [-0.05, 0) is 35.9 Å². The number of thiocarbonyl (C=S) groups is 1. The predicted octanol–water partition coefficient (Wildman–Crippen LogP) is 2.94. The van der Waals surface area contributed by atoms with Crippen LogP contribution in [0.25, 0.3) is 6.08 Å². The van der Waals surface area contributed by atoms with Gasteiger partial charge in [0.15, 0.2) is 11.5 Å². The van der Waals surface area contributed by atoms with E-state index < -0.39 is 0 Å². The maximum atomic E-state index is 13.0. The monoisotopic (exact) mass is 488 g/mol. The summed E-state index contributed by atoms with van der Waals surface area (Å²) in [5.41, 5.74) is 1.29. The Kier molecular flexibility index (Phi) is 8.32. The van der Waals surface area contributed by atoms with Crippen LogP contribution in [0, 0.1) is 0 Å². The Labute approximate surface area is 201 Å². The summed E-state index contributed by atoms with van der Waals surface area (Å²) in [5.74, 6) is 0.636. The number of rotatable bonds is 9. The molecule has 0 spiro atoms. The van der Waals surface area contributed by atoms with Gasteiger partial charge in [-0.25, -0.2) is 0 Å². The molecule has 1 aliphatic rings. The van der Waals surface area contributed by atoms with Crippen LogP contribution in [-0.2, 0) is 9.59 Å². The molecule has 8 nitrogen and oxygen atoms in total. The Morgan fingerprint density at radius 1 is 1.12 bits per heavy atom. The Morgan fingerprint density at radius 3 is 2.30 bits per heavy atom. The van der Waals surface area contributed by atoms with E-state index in [-0.39, 0.29) is 35.8 Å². The highest BCUT2D eigenvalue weighted by Gasteiger charge is 2.34. The molecule has 1 heterocycles. The number of methoxy groups -OCH3 is 3. The first-order valence-electron chi connectivity index (χ1n) is 9.95. The number of thioether (sulfide) groups is 1. The minimum absolute atomic E-state index is 0.110. The zero-order chi connectivity index (χ0) is 24.0. The molecule has 0 atom stereocenters. The summed E-state index contributed by atoms with van der Waals surface area (Å²) in [6.07, 6.45) is 1.66. The fraction of sp³-hybridized carbons (Fsp3) is 0.261. The van der Waals surface area contributed by atoms with Crippen LogP contribution >= 0.6 is 24.0 Å². The molecule has 0 saturated carbocycles. The molecule has 1 N–H and O–H groups in total. The van der Waals surface area contributed by atoms with Crippen LogP contribution in [-0.4, -0.2) is 67.2 Å². The van der Waals surface area contributed by atoms with E-state index in [1.54, 1.807) is 42.5 Å². The van der Waals surface area contributed by atoms with E-state index in [2.05, 4.69) is 0 Å². The van der Waals surface area contributed by atoms with Crippen molar-refractivity contribution in [2.75, 3.05) is 45.9 Å². The number of amides is 2. The number of carbonyl (C=O) groups is 2. The van der Waals surface area contributed by atoms with E-state index in [0.29, 0.717) is 33.4 Å². The molecule has 1 fully saturated rings. The lowest BCUT2D eigenvalue weighted by atomic mass is 10.1. The summed E-state index contributed by atoms with van der Waals surface area (Å²) in [7, 11) is 4.53. The van der Waals surface area contributed by atoms with Gasteiger partial charge in [-0.15, -0.1) is 0 Å². The molecule has 2 aromatic carbocycles. The van der Waals surface area contributed by atoms with Crippen LogP contribution < -0.4 is 19.1 Å². The van der Waals surface area contributed by atoms with Crippen molar-refractivity contribution in [1.29, 1.82) is 0 Å². The lowest BCUT2D eigenvalue weighted by molar-refractivity contribution is -0.127. The molecular weight excluding hydrogens is 464 g/mol. The lowest BCUT2D eigenvalue weighted by Crippen LogP contribution is -2.43. The number of nitrogens with zero attached hydrogens (tertiary/aromatic N) is 2. The third-order valence-electron chi connectivity index (χ3n) is 4.84. The van der Waals surface area contributed by atoms with Crippen LogP contribution in [0.3, 0.4) is 0 Å². The summed E-state index contributed by atoms with van der Waals surface area (Å²) >= 11 is 6.48. The minimum atomic E-state index is -0.371. The number of hydrogen-bond acceptors (Lipinski definition) is 8. The second kappa shape index (κ2) is 11.2. The van der Waals surface area contributed by atoms with Crippen molar-refractivity contribution >= 4 is 51.9 Å². The standard InChI is InChI=1S/C23H24N2O6S2/c1-29-17-11-15(12-18(30-2)21(17)31-3)13-19-22(28)25(23(32)33-19)14-20(27)24(9-10-26)16-7-5-4-6-8-16/h4-8,11-13,26H,9-10,14H2,1-3H3/b19-13-. The van der Waals surface area contributed by atoms with Crippen LogP contribution in [0.2, 0.25) is 0 Å². The molecule has 0 bridgehead atoms. The number of para-hydroxylation sites is 1. The molecule has 0 aromatic heterocycles. The van der Waals surface area contributed by atoms with Gasteiger partial charge in [0.05, 0.1) is 32.8 Å². The largest absolute Gasteiger partial charge is 0.493 e. The van der Waals surface area contributed by atoms with Crippen molar-refractivity contribution < 1.29 is 28.9 Å². The van der Waals surface area contributed by atoms with Crippen LogP contribution in [0.15, 0.2) is 47.4 Å². The number of benzene rings is 2. The van der Waals surface area contributed by atoms with E-state index in [1.807, 2.05) is 6.07 Å². The van der Waals surface area contributed by atoms with Crippen LogP contribution in [0.1, 0.15) is 5.56 Å². The Morgan fingerprint density at radius 2 is 1.76 bits per heavy atom. The molecule has 1 saturated heterocycles. The summed E-state index contributed by atoms with van der Waals surface area (Å²) < 4.78 is 16.3. The van der Waals surface area contributed by atoms with E-state index in [1.165, 1.54) is 31.1 Å². The van der Waals surface area contributed by atoms with Crippen molar-refractivity contribution in [3.63, 3.8) is 0 Å². The summed E-state index contributed by atoms with van der Waals surface area (Å²) in [6, 6.07) is 12.4. The average Bonchev–Trinajstić information content (AvgIpc) is 3.09. The highest BCUT2D eigenvalue weighted by Crippen LogP contribution is 2.40. The van der Waals surface area contributed by atoms with Crippen molar-refractivity contribution in [3.8, 4) is 17.2 Å². The van der Waals surface area contributed by atoms with Gasteiger partial charge < -0.3 is 24.2 Å². The van der Waals surface area contributed by atoms with E-state index >= 15 is 0 Å². The predicted molar refractivity (Wildman–Crippen MR) is 132 cm³/mol. The SMILES string of the molecule is COc1cc(/C=C2\SC(=S)N(CC(=O)N(CCO)c3ccccc3)C2=O)cc(OC)c1OC. The summed E-state index contributed by atoms with van der Waals surface area (Å²) in [4.78, 5) is 29.1. The highest BCUT2D eigenvalue weighted by atomic mass is 32.2. The van der Waals surface area contributed by atoms with E-state index in [9.17, 15) is 14.7 Å². The fourth-order valence-electron chi connectivity index (χ4n) is 3.30. The third kappa shape index (κ3) is 5.47. The van der Waals surface area contributed by atoms with Gasteiger partial charge in [-0.2, -0.15) is 0 Å². The molecular formula is C23H24N2O6S2. The van der Waals surface area contributed by atoms with Crippen molar-refractivity contribution in [1.82, 2.24) is 4.90 Å².